The van der Waals surface area contributed by atoms with Crippen molar-refractivity contribution in [3.8, 4) is 5.75 Å². The second kappa shape index (κ2) is 12.1. The molecule has 1 saturated heterocycles. The number of carbonyl (C=O) groups is 2. The SMILES string of the molecule is COC(=O)CCCCC(=O)Nc1cc2c(Nc3ncccc3N3CCOCC3)ncnc2cc1OC. The second-order valence-electron chi connectivity index (χ2n) is 8.22. The van der Waals surface area contributed by atoms with E-state index in [1.807, 2.05) is 12.1 Å². The van der Waals surface area contributed by atoms with Crippen LogP contribution < -0.4 is 20.3 Å². The highest BCUT2D eigenvalue weighted by molar-refractivity contribution is 5.99. The Labute approximate surface area is 209 Å². The highest BCUT2D eigenvalue weighted by Gasteiger charge is 2.18. The molecule has 1 aromatic carbocycles. The standard InChI is InChI=1S/C25H30N6O5/c1-34-21-15-18-17(14-19(21)29-22(32)7-3-4-8-23(33)35-2)24(28-16-27-18)30-25-20(6-5-9-26-25)31-10-12-36-13-11-31/h5-6,9,14-16H,3-4,7-8,10-13H2,1-2H3,(H,29,32)(H,26,27,28,30). The van der Waals surface area contributed by atoms with E-state index in [-0.39, 0.29) is 24.7 Å². The van der Waals surface area contributed by atoms with Crippen molar-refractivity contribution in [2.75, 3.05) is 56.1 Å². The van der Waals surface area contributed by atoms with Crippen LogP contribution in [0.1, 0.15) is 25.7 Å². The first-order valence-electron chi connectivity index (χ1n) is 11.8. The summed E-state index contributed by atoms with van der Waals surface area (Å²) in [6.45, 7) is 2.88. The molecule has 2 N–H and O–H groups in total. The summed E-state index contributed by atoms with van der Waals surface area (Å²) in [6, 6.07) is 7.47. The van der Waals surface area contributed by atoms with Gasteiger partial charge < -0.3 is 29.7 Å². The number of carbonyl (C=O) groups excluding carboxylic acids is 2. The van der Waals surface area contributed by atoms with Gasteiger partial charge in [0, 0.05) is 43.6 Å². The van der Waals surface area contributed by atoms with Crippen molar-refractivity contribution in [3.63, 3.8) is 0 Å². The first-order chi connectivity index (χ1) is 17.6. The molecule has 0 radical (unpaired) electrons. The molecular weight excluding hydrogens is 464 g/mol. The van der Waals surface area contributed by atoms with Crippen molar-refractivity contribution in [1.82, 2.24) is 15.0 Å². The molecule has 3 aromatic rings. The van der Waals surface area contributed by atoms with E-state index in [9.17, 15) is 9.59 Å². The normalized spacial score (nSPS) is 13.3. The minimum Gasteiger partial charge on any atom is -0.494 e. The Bertz CT molecular complexity index is 1210. The van der Waals surface area contributed by atoms with Crippen LogP contribution in [0.25, 0.3) is 10.9 Å². The summed E-state index contributed by atoms with van der Waals surface area (Å²) in [5.41, 5.74) is 2.13. The molecule has 2 aromatic heterocycles. The van der Waals surface area contributed by atoms with Crippen molar-refractivity contribution in [3.05, 3.63) is 36.8 Å². The van der Waals surface area contributed by atoms with Crippen LogP contribution in [0.5, 0.6) is 5.75 Å². The van der Waals surface area contributed by atoms with Gasteiger partial charge in [0.15, 0.2) is 5.82 Å². The average molecular weight is 495 g/mol. The lowest BCUT2D eigenvalue weighted by Crippen LogP contribution is -2.36. The van der Waals surface area contributed by atoms with E-state index in [4.69, 9.17) is 9.47 Å². The number of nitrogens with one attached hydrogen (secondary N) is 2. The monoisotopic (exact) mass is 494 g/mol. The van der Waals surface area contributed by atoms with Gasteiger partial charge in [-0.25, -0.2) is 15.0 Å². The van der Waals surface area contributed by atoms with Gasteiger partial charge in [-0.3, -0.25) is 9.59 Å². The van der Waals surface area contributed by atoms with Crippen LogP contribution in [-0.2, 0) is 19.1 Å². The molecule has 1 fully saturated rings. The third-order valence-electron chi connectivity index (χ3n) is 5.87. The maximum Gasteiger partial charge on any atom is 0.305 e. The zero-order valence-corrected chi connectivity index (χ0v) is 20.5. The number of methoxy groups -OCH3 is 2. The van der Waals surface area contributed by atoms with Gasteiger partial charge in [0.2, 0.25) is 5.91 Å². The van der Waals surface area contributed by atoms with E-state index in [2.05, 4.69) is 35.2 Å². The number of ether oxygens (including phenoxy) is 3. The predicted molar refractivity (Wildman–Crippen MR) is 136 cm³/mol. The largest absolute Gasteiger partial charge is 0.494 e. The number of amides is 1. The quantitative estimate of drug-likeness (QED) is 0.320. The number of morpholine rings is 1. The van der Waals surface area contributed by atoms with Gasteiger partial charge in [0.1, 0.15) is 17.9 Å². The van der Waals surface area contributed by atoms with E-state index in [0.717, 1.165) is 18.8 Å². The van der Waals surface area contributed by atoms with Crippen LogP contribution in [0, 0.1) is 0 Å². The fourth-order valence-corrected chi connectivity index (χ4v) is 3.98. The van der Waals surface area contributed by atoms with Gasteiger partial charge >= 0.3 is 5.97 Å². The summed E-state index contributed by atoms with van der Waals surface area (Å²) in [6.07, 6.45) is 4.90. The Morgan fingerprint density at radius 2 is 1.86 bits per heavy atom. The Hall–Kier alpha value is -3.99. The van der Waals surface area contributed by atoms with Gasteiger partial charge in [-0.1, -0.05) is 0 Å². The van der Waals surface area contributed by atoms with Crippen LogP contribution in [0.3, 0.4) is 0 Å². The number of fused-ring (bicyclic) bond motifs is 1. The van der Waals surface area contributed by atoms with Crippen LogP contribution in [0.4, 0.5) is 23.0 Å². The first kappa shape index (κ1) is 25.1. The molecule has 1 amide bonds. The topological polar surface area (TPSA) is 128 Å². The molecule has 0 spiro atoms. The molecule has 11 heteroatoms. The van der Waals surface area contributed by atoms with Gasteiger partial charge in [-0.05, 0) is 31.0 Å². The van der Waals surface area contributed by atoms with Gasteiger partial charge in [0.25, 0.3) is 0 Å². The summed E-state index contributed by atoms with van der Waals surface area (Å²) < 4.78 is 15.6. The third-order valence-corrected chi connectivity index (χ3v) is 5.87. The van der Waals surface area contributed by atoms with Crippen molar-refractivity contribution in [2.24, 2.45) is 0 Å². The number of rotatable bonds is 10. The van der Waals surface area contributed by atoms with Crippen molar-refractivity contribution >= 4 is 45.8 Å². The van der Waals surface area contributed by atoms with E-state index >= 15 is 0 Å². The van der Waals surface area contributed by atoms with Crippen molar-refractivity contribution in [1.29, 1.82) is 0 Å². The Kier molecular flexibility index (Phi) is 8.45. The molecule has 1 aliphatic heterocycles. The molecule has 1 aliphatic rings. The lowest BCUT2D eigenvalue weighted by molar-refractivity contribution is -0.140. The zero-order chi connectivity index (χ0) is 25.3. The molecule has 0 unspecified atom stereocenters. The fourth-order valence-electron chi connectivity index (χ4n) is 3.98. The minimum atomic E-state index is -0.281. The number of esters is 1. The molecule has 11 nitrogen and oxygen atoms in total. The molecule has 190 valence electrons. The van der Waals surface area contributed by atoms with Gasteiger partial charge in [-0.2, -0.15) is 0 Å². The highest BCUT2D eigenvalue weighted by atomic mass is 16.5. The third kappa shape index (κ3) is 6.16. The number of pyridine rings is 1. The molecule has 0 aliphatic carbocycles. The number of benzene rings is 1. The number of hydrogen-bond acceptors (Lipinski definition) is 10. The van der Waals surface area contributed by atoms with E-state index < -0.39 is 0 Å². The summed E-state index contributed by atoms with van der Waals surface area (Å²) in [5.74, 6) is 1.26. The Morgan fingerprint density at radius 1 is 1.06 bits per heavy atom. The number of anilines is 4. The average Bonchev–Trinajstić information content (AvgIpc) is 2.91. The maximum absolute atomic E-state index is 12.6. The number of unbranched alkanes of at least 4 members (excludes halogenated alkanes) is 1. The lowest BCUT2D eigenvalue weighted by atomic mass is 10.1. The number of aromatic nitrogens is 3. The Morgan fingerprint density at radius 3 is 2.64 bits per heavy atom. The second-order valence-corrected chi connectivity index (χ2v) is 8.22. The smallest absolute Gasteiger partial charge is 0.305 e. The molecule has 4 rings (SSSR count). The highest BCUT2D eigenvalue weighted by Crippen LogP contribution is 2.34. The summed E-state index contributed by atoms with van der Waals surface area (Å²) in [5, 5.41) is 6.96. The predicted octanol–water partition coefficient (Wildman–Crippen LogP) is 3.29. The summed E-state index contributed by atoms with van der Waals surface area (Å²) in [7, 11) is 2.89. The molecule has 0 bridgehead atoms. The van der Waals surface area contributed by atoms with Gasteiger partial charge in [-0.15, -0.1) is 0 Å². The summed E-state index contributed by atoms with van der Waals surface area (Å²) >= 11 is 0. The van der Waals surface area contributed by atoms with Crippen molar-refractivity contribution in [2.45, 2.75) is 25.7 Å². The lowest BCUT2D eigenvalue weighted by Gasteiger charge is -2.30. The van der Waals surface area contributed by atoms with E-state index in [0.29, 0.717) is 60.0 Å². The summed E-state index contributed by atoms with van der Waals surface area (Å²) in [4.78, 5) is 39.4. The minimum absolute atomic E-state index is 0.178. The molecule has 36 heavy (non-hydrogen) atoms. The molecule has 0 saturated carbocycles. The molecule has 0 atom stereocenters. The van der Waals surface area contributed by atoms with Crippen LogP contribution in [-0.4, -0.2) is 67.4 Å². The zero-order valence-electron chi connectivity index (χ0n) is 20.5. The van der Waals surface area contributed by atoms with Crippen molar-refractivity contribution < 1.29 is 23.8 Å². The van der Waals surface area contributed by atoms with E-state index in [1.165, 1.54) is 20.5 Å². The van der Waals surface area contributed by atoms with E-state index in [1.54, 1.807) is 18.3 Å². The fraction of sp³-hybridized carbons (Fsp3) is 0.400. The van der Waals surface area contributed by atoms with Gasteiger partial charge in [0.05, 0.1) is 44.3 Å². The van der Waals surface area contributed by atoms with Crippen LogP contribution in [0.2, 0.25) is 0 Å². The Balaban J connectivity index is 1.55. The number of nitrogens with zero attached hydrogens (tertiary/aromatic N) is 4. The number of hydrogen-bond donors (Lipinski definition) is 2. The van der Waals surface area contributed by atoms with Crippen LogP contribution >= 0.6 is 0 Å². The molecule has 3 heterocycles. The first-order valence-corrected chi connectivity index (χ1v) is 11.8. The molecular formula is C25H30N6O5. The van der Waals surface area contributed by atoms with Crippen LogP contribution in [0.15, 0.2) is 36.8 Å². The maximum atomic E-state index is 12.6.